The molecule has 0 saturated heterocycles. The maximum atomic E-state index is 13.6. The Labute approximate surface area is 225 Å². The highest BCUT2D eigenvalue weighted by Gasteiger charge is 2.31. The second-order valence-corrected chi connectivity index (χ2v) is 9.56. The number of H-pyrrole nitrogens is 1. The van der Waals surface area contributed by atoms with Crippen molar-refractivity contribution >= 4 is 22.5 Å². The summed E-state index contributed by atoms with van der Waals surface area (Å²) in [5.74, 6) is 0.537. The van der Waals surface area contributed by atoms with E-state index in [0.717, 1.165) is 27.6 Å². The van der Waals surface area contributed by atoms with Crippen LogP contribution in [0.1, 0.15) is 34.1 Å². The third-order valence-corrected chi connectivity index (χ3v) is 6.81. The first kappa shape index (κ1) is 25.7. The van der Waals surface area contributed by atoms with Crippen LogP contribution in [0.15, 0.2) is 77.9 Å². The van der Waals surface area contributed by atoms with Gasteiger partial charge in [0.05, 0.1) is 13.2 Å². The number of hydrogen-bond acceptors (Lipinski definition) is 7. The molecule has 5 aromatic rings. The predicted octanol–water partition coefficient (Wildman–Crippen LogP) is 4.31. The van der Waals surface area contributed by atoms with Gasteiger partial charge in [-0.3, -0.25) is 14.7 Å². The zero-order valence-electron chi connectivity index (χ0n) is 21.2. The first-order valence-corrected chi connectivity index (χ1v) is 12.7. The zero-order valence-corrected chi connectivity index (χ0v) is 22.0. The lowest BCUT2D eigenvalue weighted by Crippen LogP contribution is -2.35. The number of pyridine rings is 2. The fourth-order valence-corrected chi connectivity index (χ4v) is 4.80. The van der Waals surface area contributed by atoms with Gasteiger partial charge in [-0.15, -0.1) is 5.10 Å². The molecule has 0 bridgehead atoms. The predicted molar refractivity (Wildman–Crippen MR) is 146 cm³/mol. The van der Waals surface area contributed by atoms with Crippen molar-refractivity contribution in [2.45, 2.75) is 32.6 Å². The van der Waals surface area contributed by atoms with Crippen molar-refractivity contribution in [1.29, 1.82) is 0 Å². The molecule has 3 aromatic heterocycles. The molecule has 0 saturated carbocycles. The van der Waals surface area contributed by atoms with Crippen molar-refractivity contribution in [1.82, 2.24) is 35.1 Å². The Bertz CT molecular complexity index is 1590. The molecule has 194 valence electrons. The van der Waals surface area contributed by atoms with E-state index in [-0.39, 0.29) is 5.56 Å². The molecule has 5 rings (SSSR count). The van der Waals surface area contributed by atoms with Gasteiger partial charge in [-0.05, 0) is 64.2 Å². The second-order valence-electron chi connectivity index (χ2n) is 9.16. The van der Waals surface area contributed by atoms with Crippen LogP contribution in [0.25, 0.3) is 10.9 Å². The van der Waals surface area contributed by atoms with Crippen molar-refractivity contribution in [3.8, 4) is 0 Å². The monoisotopic (exact) mass is 529 g/mol. The van der Waals surface area contributed by atoms with Crippen molar-refractivity contribution in [3.63, 3.8) is 0 Å². The number of ether oxygens (including phenoxy) is 1. The van der Waals surface area contributed by atoms with E-state index in [4.69, 9.17) is 16.3 Å². The Hall–Kier alpha value is -3.92. The molecule has 10 heteroatoms. The van der Waals surface area contributed by atoms with Crippen LogP contribution in [-0.2, 0) is 24.4 Å². The summed E-state index contributed by atoms with van der Waals surface area (Å²) < 4.78 is 6.99. The minimum absolute atomic E-state index is 0.206. The number of rotatable bonds is 10. The molecule has 0 fully saturated rings. The number of aromatic amines is 1. The summed E-state index contributed by atoms with van der Waals surface area (Å²) in [6, 6.07) is 18.9. The van der Waals surface area contributed by atoms with Gasteiger partial charge in [0.15, 0.2) is 5.82 Å². The van der Waals surface area contributed by atoms with E-state index in [1.54, 1.807) is 18.0 Å². The van der Waals surface area contributed by atoms with E-state index in [1.807, 2.05) is 67.7 Å². The van der Waals surface area contributed by atoms with Crippen LogP contribution in [-0.4, -0.2) is 48.8 Å². The van der Waals surface area contributed by atoms with Crippen LogP contribution in [0.5, 0.6) is 0 Å². The summed E-state index contributed by atoms with van der Waals surface area (Å²) in [6.07, 6.45) is 3.56. The van der Waals surface area contributed by atoms with Crippen molar-refractivity contribution in [2.75, 3.05) is 13.7 Å². The number of nitrogens with zero attached hydrogens (tertiary/aromatic N) is 6. The topological polar surface area (TPSA) is 102 Å². The third kappa shape index (κ3) is 5.65. The normalized spacial score (nSPS) is 12.3. The minimum atomic E-state index is -0.591. The number of halogens is 1. The lowest BCUT2D eigenvalue weighted by atomic mass is 10.0. The summed E-state index contributed by atoms with van der Waals surface area (Å²) in [4.78, 5) is 23.1. The van der Waals surface area contributed by atoms with Crippen LogP contribution >= 0.6 is 11.6 Å². The summed E-state index contributed by atoms with van der Waals surface area (Å²) in [5, 5.41) is 14.2. The SMILES string of the molecule is COCCn1nnnc1C(c1cc2cc(C)ccc2[nH]c1=O)N(Cc1cccnc1)Cc1ccccc1Cl. The van der Waals surface area contributed by atoms with Crippen LogP contribution in [0, 0.1) is 6.92 Å². The molecule has 38 heavy (non-hydrogen) atoms. The quantitative estimate of drug-likeness (QED) is 0.287. The Kier molecular flexibility index (Phi) is 7.88. The molecule has 0 aliphatic carbocycles. The summed E-state index contributed by atoms with van der Waals surface area (Å²) in [6.45, 7) is 3.81. The van der Waals surface area contributed by atoms with Gasteiger partial charge in [-0.25, -0.2) is 4.68 Å². The van der Waals surface area contributed by atoms with Crippen molar-refractivity contribution in [3.05, 3.63) is 117 Å². The number of methoxy groups -OCH3 is 1. The largest absolute Gasteiger partial charge is 0.383 e. The van der Waals surface area contributed by atoms with Crippen molar-refractivity contribution in [2.24, 2.45) is 0 Å². The molecule has 9 nitrogen and oxygen atoms in total. The molecule has 1 atom stereocenters. The van der Waals surface area contributed by atoms with Crippen LogP contribution < -0.4 is 5.56 Å². The van der Waals surface area contributed by atoms with Gasteiger partial charge in [-0.1, -0.05) is 47.5 Å². The maximum absolute atomic E-state index is 13.6. The Morgan fingerprint density at radius 1 is 1.11 bits per heavy atom. The van der Waals surface area contributed by atoms with Crippen LogP contribution in [0.4, 0.5) is 0 Å². The molecule has 3 heterocycles. The highest BCUT2D eigenvalue weighted by Crippen LogP contribution is 2.31. The molecule has 0 spiro atoms. The highest BCUT2D eigenvalue weighted by atomic mass is 35.5. The van der Waals surface area contributed by atoms with Gasteiger partial charge in [0.25, 0.3) is 5.56 Å². The molecule has 0 amide bonds. The van der Waals surface area contributed by atoms with E-state index < -0.39 is 6.04 Å². The smallest absolute Gasteiger partial charge is 0.253 e. The maximum Gasteiger partial charge on any atom is 0.253 e. The molecule has 0 aliphatic heterocycles. The number of nitrogens with one attached hydrogen (secondary N) is 1. The van der Waals surface area contributed by atoms with E-state index in [0.29, 0.717) is 42.7 Å². The number of fused-ring (bicyclic) bond motifs is 1. The summed E-state index contributed by atoms with van der Waals surface area (Å²) >= 11 is 6.60. The van der Waals surface area contributed by atoms with E-state index in [9.17, 15) is 4.79 Å². The molecule has 0 aliphatic rings. The number of tetrazole rings is 1. The van der Waals surface area contributed by atoms with Gasteiger partial charge in [0, 0.05) is 48.7 Å². The Morgan fingerprint density at radius 2 is 1.97 bits per heavy atom. The molecule has 1 unspecified atom stereocenters. The average Bonchev–Trinajstić information content (AvgIpc) is 3.38. The standard InChI is InChI=1S/C28H28ClN7O2/c1-19-9-10-25-22(14-19)15-23(28(37)31-25)26(27-32-33-34-36(27)12-13-38-2)35(17-20-6-5-11-30-16-20)18-21-7-3-4-8-24(21)29/h3-11,14-16,26H,12-13,17-18H2,1-2H3,(H,31,37). The van der Waals surface area contributed by atoms with E-state index in [1.165, 1.54) is 0 Å². The van der Waals surface area contributed by atoms with Gasteiger partial charge in [-0.2, -0.15) is 0 Å². The van der Waals surface area contributed by atoms with Crippen LogP contribution in [0.3, 0.4) is 0 Å². The number of benzene rings is 2. The lowest BCUT2D eigenvalue weighted by molar-refractivity contribution is 0.169. The third-order valence-electron chi connectivity index (χ3n) is 6.44. The molecular formula is C28H28ClN7O2. The lowest BCUT2D eigenvalue weighted by Gasteiger charge is -2.31. The van der Waals surface area contributed by atoms with Gasteiger partial charge < -0.3 is 9.72 Å². The average molecular weight is 530 g/mol. The van der Waals surface area contributed by atoms with Crippen LogP contribution in [0.2, 0.25) is 5.02 Å². The first-order chi connectivity index (χ1) is 18.5. The zero-order chi connectivity index (χ0) is 26.5. The number of aryl methyl sites for hydroxylation is 1. The Morgan fingerprint density at radius 3 is 2.76 bits per heavy atom. The van der Waals surface area contributed by atoms with Gasteiger partial charge in [0.2, 0.25) is 0 Å². The summed E-state index contributed by atoms with van der Waals surface area (Å²) in [7, 11) is 1.63. The fraction of sp³-hybridized carbons (Fsp3) is 0.250. The summed E-state index contributed by atoms with van der Waals surface area (Å²) in [5.41, 5.74) is 4.10. The van der Waals surface area contributed by atoms with Gasteiger partial charge in [0.1, 0.15) is 6.04 Å². The minimum Gasteiger partial charge on any atom is -0.383 e. The number of aromatic nitrogens is 6. The molecule has 0 radical (unpaired) electrons. The fourth-order valence-electron chi connectivity index (χ4n) is 4.60. The molecule has 1 N–H and O–H groups in total. The number of hydrogen-bond donors (Lipinski definition) is 1. The molecule has 2 aromatic carbocycles. The van der Waals surface area contributed by atoms with E-state index >= 15 is 0 Å². The van der Waals surface area contributed by atoms with E-state index in [2.05, 4.69) is 36.5 Å². The van der Waals surface area contributed by atoms with Gasteiger partial charge >= 0.3 is 0 Å². The Balaban J connectivity index is 1.70. The first-order valence-electron chi connectivity index (χ1n) is 12.3. The second kappa shape index (κ2) is 11.6. The highest BCUT2D eigenvalue weighted by molar-refractivity contribution is 6.31. The molecular weight excluding hydrogens is 502 g/mol. The van der Waals surface area contributed by atoms with Crippen molar-refractivity contribution < 1.29 is 4.74 Å².